The second-order valence-corrected chi connectivity index (χ2v) is 12.9. The molecule has 3 aromatic rings. The summed E-state index contributed by atoms with van der Waals surface area (Å²) in [5.41, 5.74) is 7.99. The van der Waals surface area contributed by atoms with Crippen LogP contribution < -0.4 is 20.0 Å². The standard InChI is InChI=1S/C33H38ClN5S/c1-21-13-16-38(17-14-21)29-12-10-24(19-26(29)34)39-31(30(36-32(39)40)27-8-6-7-15-35-27)23-9-11-28-25(18-23)22(2)20-33(3,4)37(28)5/h6-12,15,18-21,30-31H,13-14,16-17H2,1-5H3,(H,36,40)/t30-,31+/m1/s1. The van der Waals surface area contributed by atoms with Crippen LogP contribution in [0.15, 0.2) is 66.9 Å². The van der Waals surface area contributed by atoms with Crippen LogP contribution >= 0.6 is 23.8 Å². The number of piperidine rings is 1. The Hall–Kier alpha value is -3.09. The SMILES string of the molecule is CC1=CC(C)(C)N(C)c2ccc([C@H]3[C@@H](c4ccccn4)NC(=S)N3c3ccc(N4CCC(C)CC4)c(Cl)c3)cc21. The predicted octanol–water partition coefficient (Wildman–Crippen LogP) is 7.78. The second-order valence-electron chi connectivity index (χ2n) is 12.1. The first-order valence-electron chi connectivity index (χ1n) is 14.3. The highest BCUT2D eigenvalue weighted by molar-refractivity contribution is 7.80. The van der Waals surface area contributed by atoms with E-state index in [9.17, 15) is 0 Å². The van der Waals surface area contributed by atoms with E-state index in [4.69, 9.17) is 28.8 Å². The quantitative estimate of drug-likeness (QED) is 0.322. The second kappa shape index (κ2) is 10.4. The minimum atomic E-state index is -0.101. The summed E-state index contributed by atoms with van der Waals surface area (Å²) < 4.78 is 0. The van der Waals surface area contributed by atoms with Crippen LogP contribution in [0.5, 0.6) is 0 Å². The van der Waals surface area contributed by atoms with Gasteiger partial charge in [-0.15, -0.1) is 0 Å². The Morgan fingerprint density at radius 1 is 1.02 bits per heavy atom. The van der Waals surface area contributed by atoms with E-state index in [1.165, 1.54) is 35.2 Å². The molecule has 208 valence electrons. The molecule has 0 radical (unpaired) electrons. The molecule has 7 heteroatoms. The molecule has 6 rings (SSSR count). The molecule has 5 nitrogen and oxygen atoms in total. The number of thiocarbonyl (C=S) groups is 1. The van der Waals surface area contributed by atoms with Crippen LogP contribution in [-0.2, 0) is 0 Å². The number of allylic oxidation sites excluding steroid dienone is 1. The predicted molar refractivity (Wildman–Crippen MR) is 173 cm³/mol. The number of rotatable bonds is 4. The highest BCUT2D eigenvalue weighted by atomic mass is 35.5. The molecule has 3 aliphatic heterocycles. The number of pyridine rings is 1. The fourth-order valence-corrected chi connectivity index (χ4v) is 7.12. The summed E-state index contributed by atoms with van der Waals surface area (Å²) >= 11 is 13.0. The largest absolute Gasteiger partial charge is 0.370 e. The average molecular weight is 572 g/mol. The van der Waals surface area contributed by atoms with Crippen LogP contribution in [0, 0.1) is 5.92 Å². The van der Waals surface area contributed by atoms with Gasteiger partial charge in [-0.1, -0.05) is 36.7 Å². The van der Waals surface area contributed by atoms with Gasteiger partial charge in [-0.05, 0) is 105 Å². The summed E-state index contributed by atoms with van der Waals surface area (Å²) in [5, 5.41) is 5.05. The normalized spacial score (nSPS) is 22.7. The fourth-order valence-electron chi connectivity index (χ4n) is 6.48. The minimum Gasteiger partial charge on any atom is -0.370 e. The van der Waals surface area contributed by atoms with Gasteiger partial charge in [0.2, 0.25) is 0 Å². The van der Waals surface area contributed by atoms with E-state index >= 15 is 0 Å². The Morgan fingerprint density at radius 3 is 2.48 bits per heavy atom. The maximum absolute atomic E-state index is 6.97. The number of hydrogen-bond donors (Lipinski definition) is 1. The first-order chi connectivity index (χ1) is 19.1. The Labute approximate surface area is 248 Å². The van der Waals surface area contributed by atoms with Crippen molar-refractivity contribution in [3.8, 4) is 0 Å². The first-order valence-corrected chi connectivity index (χ1v) is 15.1. The van der Waals surface area contributed by atoms with Crippen molar-refractivity contribution >= 4 is 51.6 Å². The van der Waals surface area contributed by atoms with Crippen molar-refractivity contribution < 1.29 is 0 Å². The molecular formula is C33H38ClN5S. The van der Waals surface area contributed by atoms with Gasteiger partial charge < -0.3 is 20.0 Å². The molecule has 2 saturated heterocycles. The van der Waals surface area contributed by atoms with Gasteiger partial charge >= 0.3 is 0 Å². The van der Waals surface area contributed by atoms with Crippen LogP contribution in [0.4, 0.5) is 17.1 Å². The Kier molecular flexibility index (Phi) is 7.04. The smallest absolute Gasteiger partial charge is 0.174 e. The summed E-state index contributed by atoms with van der Waals surface area (Å²) in [7, 11) is 2.17. The fraction of sp³-hybridized carbons (Fsp3) is 0.394. The molecule has 1 N–H and O–H groups in total. The lowest BCUT2D eigenvalue weighted by atomic mass is 9.86. The summed E-state index contributed by atoms with van der Waals surface area (Å²) in [5.74, 6) is 0.771. The molecule has 4 heterocycles. The summed E-state index contributed by atoms with van der Waals surface area (Å²) in [6.45, 7) is 11.1. The van der Waals surface area contributed by atoms with Gasteiger partial charge in [0, 0.05) is 43.3 Å². The lowest BCUT2D eigenvalue weighted by molar-refractivity contribution is 0.438. The van der Waals surface area contributed by atoms with Crippen molar-refractivity contribution in [2.75, 3.05) is 34.8 Å². The molecule has 40 heavy (non-hydrogen) atoms. The van der Waals surface area contributed by atoms with Crippen LogP contribution in [-0.4, -0.2) is 35.8 Å². The van der Waals surface area contributed by atoms with Gasteiger partial charge in [0.15, 0.2) is 5.11 Å². The van der Waals surface area contributed by atoms with Crippen molar-refractivity contribution in [2.45, 2.75) is 58.2 Å². The molecule has 0 bridgehead atoms. The van der Waals surface area contributed by atoms with Crippen molar-refractivity contribution in [1.82, 2.24) is 10.3 Å². The van der Waals surface area contributed by atoms with Crippen molar-refractivity contribution in [3.05, 3.63) is 88.7 Å². The van der Waals surface area contributed by atoms with Gasteiger partial charge in [0.05, 0.1) is 34.0 Å². The van der Waals surface area contributed by atoms with Gasteiger partial charge in [0.1, 0.15) is 0 Å². The molecule has 0 amide bonds. The molecular weight excluding hydrogens is 534 g/mol. The number of nitrogens with one attached hydrogen (secondary N) is 1. The van der Waals surface area contributed by atoms with E-state index in [0.717, 1.165) is 41.1 Å². The van der Waals surface area contributed by atoms with E-state index < -0.39 is 0 Å². The average Bonchev–Trinajstić information content (AvgIpc) is 3.29. The molecule has 1 aromatic heterocycles. The molecule has 3 aliphatic rings. The number of likely N-dealkylation sites (N-methyl/N-ethyl adjacent to an activating group) is 1. The number of halogens is 1. The zero-order chi connectivity index (χ0) is 28.2. The molecule has 0 saturated carbocycles. The Morgan fingerprint density at radius 2 is 1.77 bits per heavy atom. The molecule has 2 aromatic carbocycles. The lowest BCUT2D eigenvalue weighted by Crippen LogP contribution is -2.42. The van der Waals surface area contributed by atoms with Gasteiger partial charge in [-0.3, -0.25) is 4.98 Å². The highest BCUT2D eigenvalue weighted by Crippen LogP contribution is 2.46. The van der Waals surface area contributed by atoms with Crippen molar-refractivity contribution in [3.63, 3.8) is 0 Å². The van der Waals surface area contributed by atoms with Gasteiger partial charge in [0.25, 0.3) is 0 Å². The molecule has 0 unspecified atom stereocenters. The topological polar surface area (TPSA) is 34.6 Å². The summed E-state index contributed by atoms with van der Waals surface area (Å²) in [4.78, 5) is 11.7. The molecule has 2 fully saturated rings. The third kappa shape index (κ3) is 4.75. The van der Waals surface area contributed by atoms with Crippen LogP contribution in [0.3, 0.4) is 0 Å². The third-order valence-electron chi connectivity index (χ3n) is 9.01. The monoisotopic (exact) mass is 571 g/mol. The van der Waals surface area contributed by atoms with Crippen LogP contribution in [0.25, 0.3) is 5.57 Å². The van der Waals surface area contributed by atoms with E-state index in [2.05, 4.69) is 103 Å². The highest BCUT2D eigenvalue weighted by Gasteiger charge is 2.41. The minimum absolute atomic E-state index is 0.0392. The maximum Gasteiger partial charge on any atom is 0.174 e. The number of benzene rings is 2. The zero-order valence-electron chi connectivity index (χ0n) is 24.0. The van der Waals surface area contributed by atoms with E-state index in [-0.39, 0.29) is 17.6 Å². The van der Waals surface area contributed by atoms with E-state index in [1.54, 1.807) is 0 Å². The van der Waals surface area contributed by atoms with Crippen molar-refractivity contribution in [1.29, 1.82) is 0 Å². The van der Waals surface area contributed by atoms with Gasteiger partial charge in [-0.2, -0.15) is 0 Å². The van der Waals surface area contributed by atoms with Crippen molar-refractivity contribution in [2.24, 2.45) is 5.92 Å². The zero-order valence-corrected chi connectivity index (χ0v) is 25.6. The van der Waals surface area contributed by atoms with E-state index in [1.807, 2.05) is 18.3 Å². The number of hydrogen-bond acceptors (Lipinski definition) is 4. The van der Waals surface area contributed by atoms with E-state index in [0.29, 0.717) is 5.11 Å². The van der Waals surface area contributed by atoms with Gasteiger partial charge in [-0.25, -0.2) is 0 Å². The number of aromatic nitrogens is 1. The third-order valence-corrected chi connectivity index (χ3v) is 9.63. The lowest BCUT2D eigenvalue weighted by Gasteiger charge is -2.41. The number of nitrogens with zero attached hydrogens (tertiary/aromatic N) is 4. The maximum atomic E-state index is 6.97. The summed E-state index contributed by atoms with van der Waals surface area (Å²) in [6, 6.07) is 19.1. The number of anilines is 3. The van der Waals surface area contributed by atoms with Crippen LogP contribution in [0.2, 0.25) is 5.02 Å². The summed E-state index contributed by atoms with van der Waals surface area (Å²) in [6.07, 6.45) is 6.60. The molecule has 0 spiro atoms. The number of fused-ring (bicyclic) bond motifs is 1. The Balaban J connectivity index is 1.42. The van der Waals surface area contributed by atoms with Crippen LogP contribution in [0.1, 0.15) is 69.4 Å². The molecule has 2 atom stereocenters. The molecule has 0 aliphatic carbocycles. The first kappa shape index (κ1) is 27.1. The Bertz CT molecular complexity index is 1460.